The predicted molar refractivity (Wildman–Crippen MR) is 69.3 cm³/mol. The van der Waals surface area contributed by atoms with Gasteiger partial charge in [-0.25, -0.2) is 4.79 Å². The van der Waals surface area contributed by atoms with E-state index >= 15 is 0 Å². The number of fused-ring (bicyclic) bond motifs is 2. The van der Waals surface area contributed by atoms with Gasteiger partial charge in [-0.2, -0.15) is 0 Å². The molecule has 1 unspecified atom stereocenters. The van der Waals surface area contributed by atoms with Gasteiger partial charge in [-0.15, -0.1) is 0 Å². The fourth-order valence-electron chi connectivity index (χ4n) is 3.00. The van der Waals surface area contributed by atoms with Crippen LogP contribution in [0.1, 0.15) is 33.6 Å². The Kier molecular flexibility index (Phi) is 2.43. The van der Waals surface area contributed by atoms with Crippen LogP contribution in [0.5, 0.6) is 0 Å². The molecule has 0 aromatic rings. The minimum Gasteiger partial charge on any atom is -0.333 e. The molecule has 2 bridgehead atoms. The first kappa shape index (κ1) is 12.0. The van der Waals surface area contributed by atoms with Crippen LogP contribution < -0.4 is 5.32 Å². The van der Waals surface area contributed by atoms with Crippen molar-refractivity contribution in [1.82, 2.24) is 10.2 Å². The second kappa shape index (κ2) is 3.25. The third-order valence-electron chi connectivity index (χ3n) is 5.20. The lowest BCUT2D eigenvalue weighted by molar-refractivity contribution is 0.213. The molecule has 0 aromatic heterocycles. The first-order valence-electron chi connectivity index (χ1n) is 6.27. The Labute approximate surface area is 99.6 Å². The van der Waals surface area contributed by atoms with Gasteiger partial charge in [0.15, 0.2) is 0 Å². The van der Waals surface area contributed by atoms with Gasteiger partial charge in [-0.05, 0) is 17.9 Å². The molecule has 2 saturated heterocycles. The first-order chi connectivity index (χ1) is 7.20. The van der Waals surface area contributed by atoms with Gasteiger partial charge in [0.1, 0.15) is 0 Å². The van der Waals surface area contributed by atoms with Crippen molar-refractivity contribution in [3.05, 3.63) is 0 Å². The number of nitrogens with zero attached hydrogens (tertiary/aromatic N) is 1. The maximum absolute atomic E-state index is 11.9. The number of carbonyl (C=O) groups is 1. The summed E-state index contributed by atoms with van der Waals surface area (Å²) in [4.78, 5) is 13.9. The van der Waals surface area contributed by atoms with E-state index in [9.17, 15) is 4.79 Å². The fraction of sp³-hybridized carbons (Fsp3) is 0.917. The molecule has 2 amide bonds. The van der Waals surface area contributed by atoms with E-state index in [4.69, 9.17) is 0 Å². The van der Waals surface area contributed by atoms with Gasteiger partial charge < -0.3 is 10.2 Å². The summed E-state index contributed by atoms with van der Waals surface area (Å²) in [6.07, 6.45) is 2.33. The molecular weight excluding hydrogens is 216 g/mol. The number of urea groups is 1. The monoisotopic (exact) mass is 240 g/mol. The minimum absolute atomic E-state index is 0.112. The molecule has 2 aliphatic heterocycles. The quantitative estimate of drug-likeness (QED) is 0.702. The van der Waals surface area contributed by atoms with Crippen LogP contribution in [0.25, 0.3) is 0 Å². The molecule has 0 saturated carbocycles. The molecule has 3 nitrogen and oxygen atoms in total. The second-order valence-electron chi connectivity index (χ2n) is 6.91. The van der Waals surface area contributed by atoms with Gasteiger partial charge in [0.25, 0.3) is 0 Å². The van der Waals surface area contributed by atoms with Crippen LogP contribution >= 0.6 is 0 Å². The lowest BCUT2D eigenvalue weighted by Gasteiger charge is -2.51. The zero-order chi connectivity index (χ0) is 12.2. The number of carbonyl (C=O) groups excluding carboxylic acids is 1. The third-order valence-corrected chi connectivity index (χ3v) is 11.9. The molecule has 4 heteroatoms. The van der Waals surface area contributed by atoms with Crippen molar-refractivity contribution < 1.29 is 4.79 Å². The fourth-order valence-corrected chi connectivity index (χ4v) is 6.24. The summed E-state index contributed by atoms with van der Waals surface area (Å²) in [6.45, 7) is 13.8. The summed E-state index contributed by atoms with van der Waals surface area (Å²) in [6, 6.07) is 0.169. The molecule has 2 heterocycles. The van der Waals surface area contributed by atoms with Crippen molar-refractivity contribution >= 4 is 14.1 Å². The SMILES string of the molecule is CC(C)(C)[Si](C)(C)C12CCCN(C1)C(=O)N2. The summed E-state index contributed by atoms with van der Waals surface area (Å²) in [5, 5.41) is 3.76. The van der Waals surface area contributed by atoms with Gasteiger partial charge >= 0.3 is 6.03 Å². The van der Waals surface area contributed by atoms with E-state index in [1.54, 1.807) is 0 Å². The van der Waals surface area contributed by atoms with E-state index < -0.39 is 8.07 Å². The van der Waals surface area contributed by atoms with E-state index in [0.29, 0.717) is 5.04 Å². The van der Waals surface area contributed by atoms with Gasteiger partial charge in [-0.1, -0.05) is 33.9 Å². The molecule has 1 N–H and O–H groups in total. The summed E-state index contributed by atoms with van der Waals surface area (Å²) < 4.78 is 0. The number of amides is 2. The molecule has 2 fully saturated rings. The van der Waals surface area contributed by atoms with Crippen molar-refractivity contribution in [2.45, 2.75) is 56.9 Å². The Hall–Kier alpha value is -0.513. The maximum atomic E-state index is 11.9. The Balaban J connectivity index is 2.36. The highest BCUT2D eigenvalue weighted by molar-refractivity contribution is 6.83. The second-order valence-corrected chi connectivity index (χ2v) is 12.6. The standard InChI is InChI=1S/C12H24N2OSi/c1-11(2,3)16(4,5)12-7-6-8-14(9-12)10(15)13-12/h6-9H2,1-5H3,(H,13,15). The molecule has 92 valence electrons. The van der Waals surface area contributed by atoms with Crippen molar-refractivity contribution in [2.24, 2.45) is 0 Å². The van der Waals surface area contributed by atoms with Gasteiger partial charge in [-0.3, -0.25) is 0 Å². The van der Waals surface area contributed by atoms with Crippen LogP contribution in [-0.4, -0.2) is 37.3 Å². The van der Waals surface area contributed by atoms with E-state index in [2.05, 4.69) is 39.2 Å². The van der Waals surface area contributed by atoms with E-state index in [1.807, 2.05) is 4.90 Å². The van der Waals surface area contributed by atoms with Crippen molar-refractivity contribution in [1.29, 1.82) is 0 Å². The molecular formula is C12H24N2OSi. The highest BCUT2D eigenvalue weighted by atomic mass is 28.3. The number of nitrogens with one attached hydrogen (secondary N) is 1. The Morgan fingerprint density at radius 2 is 2.00 bits per heavy atom. The molecule has 0 aromatic carbocycles. The highest BCUT2D eigenvalue weighted by Crippen LogP contribution is 2.47. The molecule has 2 aliphatic rings. The van der Waals surface area contributed by atoms with Crippen molar-refractivity contribution in [3.8, 4) is 0 Å². The van der Waals surface area contributed by atoms with Gasteiger partial charge in [0.2, 0.25) is 0 Å². The summed E-state index contributed by atoms with van der Waals surface area (Å²) in [7, 11) is -1.53. The van der Waals surface area contributed by atoms with Crippen LogP contribution in [0, 0.1) is 0 Å². The molecule has 1 atom stereocenters. The zero-order valence-corrected chi connectivity index (χ0v) is 12.2. The van der Waals surface area contributed by atoms with Crippen molar-refractivity contribution in [2.75, 3.05) is 13.1 Å². The Morgan fingerprint density at radius 3 is 2.56 bits per heavy atom. The maximum Gasteiger partial charge on any atom is 0.317 e. The lowest BCUT2D eigenvalue weighted by Crippen LogP contribution is -2.67. The zero-order valence-electron chi connectivity index (χ0n) is 11.2. The van der Waals surface area contributed by atoms with Crippen LogP contribution in [0.15, 0.2) is 0 Å². The summed E-state index contributed by atoms with van der Waals surface area (Å²) in [5.74, 6) is 0. The highest BCUT2D eigenvalue weighted by Gasteiger charge is 2.59. The van der Waals surface area contributed by atoms with E-state index in [0.717, 1.165) is 19.5 Å². The number of piperidine rings is 1. The predicted octanol–water partition coefficient (Wildman–Crippen LogP) is 2.59. The summed E-state index contributed by atoms with van der Waals surface area (Å²) >= 11 is 0. The van der Waals surface area contributed by atoms with Crippen LogP contribution in [0.2, 0.25) is 18.1 Å². The number of hydrogen-bond donors (Lipinski definition) is 1. The van der Waals surface area contributed by atoms with Crippen molar-refractivity contribution in [3.63, 3.8) is 0 Å². The van der Waals surface area contributed by atoms with E-state index in [-0.39, 0.29) is 11.2 Å². The number of hydrogen-bond acceptors (Lipinski definition) is 1. The third kappa shape index (κ3) is 1.42. The molecule has 0 spiro atoms. The molecule has 0 aliphatic carbocycles. The minimum atomic E-state index is -1.53. The Morgan fingerprint density at radius 1 is 1.38 bits per heavy atom. The normalized spacial score (nSPS) is 30.6. The average Bonchev–Trinajstić information content (AvgIpc) is 2.37. The van der Waals surface area contributed by atoms with Crippen LogP contribution in [0.4, 0.5) is 4.79 Å². The Bertz CT molecular complexity index is 321. The van der Waals surface area contributed by atoms with E-state index in [1.165, 1.54) is 6.42 Å². The largest absolute Gasteiger partial charge is 0.333 e. The van der Waals surface area contributed by atoms with Gasteiger partial charge in [0.05, 0.1) is 13.2 Å². The molecule has 2 rings (SSSR count). The average molecular weight is 240 g/mol. The first-order valence-corrected chi connectivity index (χ1v) is 9.27. The smallest absolute Gasteiger partial charge is 0.317 e. The van der Waals surface area contributed by atoms with Gasteiger partial charge in [0, 0.05) is 13.1 Å². The molecule has 0 radical (unpaired) electrons. The lowest BCUT2D eigenvalue weighted by atomic mass is 10.1. The summed E-state index contributed by atoms with van der Waals surface area (Å²) in [5.41, 5.74) is 0. The van der Waals surface area contributed by atoms with Crippen LogP contribution in [0.3, 0.4) is 0 Å². The van der Waals surface area contributed by atoms with Crippen LogP contribution in [-0.2, 0) is 0 Å². The topological polar surface area (TPSA) is 32.3 Å². The molecule has 16 heavy (non-hydrogen) atoms. The number of rotatable bonds is 1.